The first kappa shape index (κ1) is 18.0. The van der Waals surface area contributed by atoms with Crippen LogP contribution in [0.4, 0.5) is 0 Å². The molecule has 0 heterocycles. The molecule has 0 saturated carbocycles. The summed E-state index contributed by atoms with van der Waals surface area (Å²) in [6, 6.07) is 26.8. The quantitative estimate of drug-likeness (QED) is 0.347. The Balaban J connectivity index is 0.000000344. The third kappa shape index (κ3) is 6.17. The zero-order valence-electron chi connectivity index (χ0n) is 12.6. The Kier molecular flexibility index (Phi) is 8.74. The number of rotatable bonds is 4. The van der Waals surface area contributed by atoms with Crippen LogP contribution >= 0.6 is 0 Å². The van der Waals surface area contributed by atoms with Crippen LogP contribution in [0, 0.1) is 0 Å². The van der Waals surface area contributed by atoms with E-state index < -0.39 is 0 Å². The number of hydrogen-bond acceptors (Lipinski definition) is 1. The maximum atomic E-state index is 5.32. The Bertz CT molecular complexity index is 587. The van der Waals surface area contributed by atoms with Crippen molar-refractivity contribution in [1.82, 2.24) is 0 Å². The van der Waals surface area contributed by atoms with Crippen molar-refractivity contribution in [2.45, 2.75) is 13.5 Å². The molecule has 0 spiro atoms. The minimum atomic E-state index is 0. The van der Waals surface area contributed by atoms with Crippen LogP contribution < -0.4 is 0 Å². The zero-order valence-corrected chi connectivity index (χ0v) is 13.7. The van der Waals surface area contributed by atoms with Crippen LogP contribution in [0.3, 0.4) is 0 Å². The Hall–Kier alpha value is -2.02. The van der Waals surface area contributed by atoms with E-state index >= 15 is 0 Å². The summed E-state index contributed by atoms with van der Waals surface area (Å²) < 4.78 is 5.32. The molecule has 0 radical (unpaired) electrons. The topological polar surface area (TPSA) is 9.23 Å². The van der Waals surface area contributed by atoms with E-state index in [1.165, 1.54) is 16.7 Å². The number of benzene rings is 1. The molecule has 2 heteroatoms. The van der Waals surface area contributed by atoms with Gasteiger partial charge in [-0.25, -0.2) is 12.1 Å². The molecule has 0 aliphatic heterocycles. The Labute approximate surface area is 143 Å². The summed E-state index contributed by atoms with van der Waals surface area (Å²) in [6.07, 6.45) is 3.60. The van der Waals surface area contributed by atoms with Crippen LogP contribution in [-0.2, 0) is 28.4 Å². The monoisotopic (exact) mass is 332 g/mol. The molecule has 0 bridgehead atoms. The summed E-state index contributed by atoms with van der Waals surface area (Å²) in [6.45, 7) is 2.57. The Morgan fingerprint density at radius 1 is 1.00 bits per heavy atom. The zero-order chi connectivity index (χ0) is 14.8. The molecular formula is C20H20FeO. The second-order valence-electron chi connectivity index (χ2n) is 4.61. The molecule has 0 amide bonds. The van der Waals surface area contributed by atoms with Crippen molar-refractivity contribution in [3.63, 3.8) is 0 Å². The second-order valence-corrected chi connectivity index (χ2v) is 4.61. The van der Waals surface area contributed by atoms with E-state index in [0.29, 0.717) is 6.61 Å². The van der Waals surface area contributed by atoms with Crippen molar-refractivity contribution in [1.29, 1.82) is 0 Å². The third-order valence-corrected chi connectivity index (χ3v) is 2.99. The van der Waals surface area contributed by atoms with Gasteiger partial charge in [-0.3, -0.25) is 0 Å². The van der Waals surface area contributed by atoms with Crippen molar-refractivity contribution in [3.8, 4) is 11.1 Å². The van der Waals surface area contributed by atoms with E-state index in [9.17, 15) is 0 Å². The van der Waals surface area contributed by atoms with E-state index in [1.807, 2.05) is 43.3 Å². The molecule has 0 N–H and O–H groups in total. The predicted octanol–water partition coefficient (Wildman–Crippen LogP) is 5.53. The molecule has 0 aliphatic rings. The van der Waals surface area contributed by atoms with Gasteiger partial charge in [0.2, 0.25) is 0 Å². The minimum Gasteiger partial charge on any atom is -0.497 e. The van der Waals surface area contributed by atoms with Gasteiger partial charge < -0.3 is 4.74 Å². The molecule has 3 rings (SSSR count). The molecule has 0 fully saturated rings. The van der Waals surface area contributed by atoms with Gasteiger partial charge in [0.25, 0.3) is 0 Å². The van der Waals surface area contributed by atoms with E-state index in [0.717, 1.165) is 0 Å². The normalized spacial score (nSPS) is 9.68. The smallest absolute Gasteiger partial charge is 0.497 e. The number of ether oxygens (including phenoxy) is 1. The molecular weight excluding hydrogens is 312 g/mol. The van der Waals surface area contributed by atoms with Crippen LogP contribution in [0.5, 0.6) is 0 Å². The summed E-state index contributed by atoms with van der Waals surface area (Å²) in [4.78, 5) is 0. The molecule has 0 aliphatic carbocycles. The first-order valence-corrected chi connectivity index (χ1v) is 7.10. The van der Waals surface area contributed by atoms with Gasteiger partial charge in [-0.15, -0.1) is 29.8 Å². The first-order valence-electron chi connectivity index (χ1n) is 7.10. The standard InChI is InChI=1S/C15H15O.C5H5.Fe/c1-2-11-16-12-13-7-9-15(10-8-13)14-5-3-4-6-14;1-2-4-5-3-1;/h2-11H,12H2,1H3;1-5H;/q2*-1;+2/b11-2+;;. The maximum Gasteiger partial charge on any atom is 2.00 e. The molecule has 0 unspecified atom stereocenters. The van der Waals surface area contributed by atoms with Gasteiger partial charge in [-0.2, -0.15) is 30.3 Å². The Morgan fingerprint density at radius 3 is 2.14 bits per heavy atom. The van der Waals surface area contributed by atoms with Crippen LogP contribution in [0.2, 0.25) is 0 Å². The summed E-state index contributed by atoms with van der Waals surface area (Å²) in [7, 11) is 0. The fourth-order valence-corrected chi connectivity index (χ4v) is 1.92. The summed E-state index contributed by atoms with van der Waals surface area (Å²) in [5.74, 6) is 0. The molecule has 22 heavy (non-hydrogen) atoms. The van der Waals surface area contributed by atoms with Crippen LogP contribution in [-0.4, -0.2) is 0 Å². The van der Waals surface area contributed by atoms with E-state index in [1.54, 1.807) is 6.26 Å². The van der Waals surface area contributed by atoms with Crippen LogP contribution in [0.25, 0.3) is 11.1 Å². The van der Waals surface area contributed by atoms with Gasteiger partial charge in [0, 0.05) is 0 Å². The van der Waals surface area contributed by atoms with E-state index in [-0.39, 0.29) is 17.1 Å². The third-order valence-electron chi connectivity index (χ3n) is 2.99. The molecule has 0 saturated heterocycles. The largest absolute Gasteiger partial charge is 2.00 e. The average Bonchev–Trinajstić information content (AvgIpc) is 3.24. The molecule has 1 nitrogen and oxygen atoms in total. The van der Waals surface area contributed by atoms with Crippen molar-refractivity contribution in [2.24, 2.45) is 0 Å². The fraction of sp³-hybridized carbons (Fsp3) is 0.100. The summed E-state index contributed by atoms with van der Waals surface area (Å²) in [5.41, 5.74) is 3.70. The van der Waals surface area contributed by atoms with Crippen molar-refractivity contribution < 1.29 is 21.8 Å². The molecule has 3 aromatic carbocycles. The molecule has 0 aromatic heterocycles. The van der Waals surface area contributed by atoms with Gasteiger partial charge in [0.1, 0.15) is 6.61 Å². The van der Waals surface area contributed by atoms with Gasteiger partial charge in [-0.05, 0) is 12.5 Å². The SMILES string of the molecule is C/C=C/OCc1ccc(-[c-]2cccc2)cc1.[Fe+2].c1cc[cH-]c1. The van der Waals surface area contributed by atoms with Crippen LogP contribution in [0.15, 0.2) is 91.2 Å². The number of hydrogen-bond donors (Lipinski definition) is 0. The maximum absolute atomic E-state index is 5.32. The van der Waals surface area contributed by atoms with Crippen molar-refractivity contribution >= 4 is 0 Å². The second kappa shape index (κ2) is 10.7. The minimum absolute atomic E-state index is 0. The van der Waals surface area contributed by atoms with Gasteiger partial charge in [0.05, 0.1) is 6.26 Å². The van der Waals surface area contributed by atoms with Crippen LogP contribution in [0.1, 0.15) is 12.5 Å². The van der Waals surface area contributed by atoms with Gasteiger partial charge in [0.15, 0.2) is 0 Å². The van der Waals surface area contributed by atoms with Gasteiger partial charge in [-0.1, -0.05) is 23.8 Å². The van der Waals surface area contributed by atoms with Crippen molar-refractivity contribution in [3.05, 3.63) is 96.8 Å². The predicted molar refractivity (Wildman–Crippen MR) is 89.1 cm³/mol. The summed E-state index contributed by atoms with van der Waals surface area (Å²) >= 11 is 0. The average molecular weight is 332 g/mol. The van der Waals surface area contributed by atoms with E-state index in [2.05, 4.69) is 48.5 Å². The first-order chi connectivity index (χ1) is 10.4. The Morgan fingerprint density at radius 2 is 1.64 bits per heavy atom. The molecule has 114 valence electrons. The molecule has 0 atom stereocenters. The molecule has 3 aromatic rings. The summed E-state index contributed by atoms with van der Waals surface area (Å²) in [5, 5.41) is 0. The fourth-order valence-electron chi connectivity index (χ4n) is 1.92. The van der Waals surface area contributed by atoms with Gasteiger partial charge >= 0.3 is 17.1 Å². The van der Waals surface area contributed by atoms with E-state index in [4.69, 9.17) is 4.74 Å². The van der Waals surface area contributed by atoms with Crippen molar-refractivity contribution in [2.75, 3.05) is 0 Å². The number of allylic oxidation sites excluding steroid dienone is 1.